The van der Waals surface area contributed by atoms with Crippen LogP contribution >= 0.6 is 0 Å². The molecule has 5 rings (SSSR count). The maximum absolute atomic E-state index is 13.8. The highest BCUT2D eigenvalue weighted by Crippen LogP contribution is 2.68. The Bertz CT molecular complexity index is 937. The number of hydrogen-bond acceptors (Lipinski definition) is 7. The van der Waals surface area contributed by atoms with Crippen molar-refractivity contribution in [3.8, 4) is 0 Å². The molecule has 2 N–H and O–H groups in total. The van der Waals surface area contributed by atoms with Crippen molar-refractivity contribution < 1.29 is 24.2 Å². The van der Waals surface area contributed by atoms with Gasteiger partial charge in [-0.15, -0.1) is 0 Å². The van der Waals surface area contributed by atoms with Crippen LogP contribution in [0.3, 0.4) is 0 Å². The van der Waals surface area contributed by atoms with Crippen molar-refractivity contribution in [3.63, 3.8) is 0 Å². The van der Waals surface area contributed by atoms with Gasteiger partial charge in [-0.05, 0) is 62.5 Å². The quantitative estimate of drug-likeness (QED) is 0.627. The zero-order valence-corrected chi connectivity index (χ0v) is 19.9. The van der Waals surface area contributed by atoms with Gasteiger partial charge in [0.05, 0.1) is 6.10 Å². The zero-order chi connectivity index (χ0) is 23.6. The highest BCUT2D eigenvalue weighted by Gasteiger charge is 2.70. The van der Waals surface area contributed by atoms with Crippen LogP contribution in [-0.4, -0.2) is 59.0 Å². The van der Waals surface area contributed by atoms with Gasteiger partial charge in [-0.25, -0.2) is 5.01 Å². The molecule has 7 nitrogen and oxygen atoms in total. The summed E-state index contributed by atoms with van der Waals surface area (Å²) in [6.07, 6.45) is 9.73. The summed E-state index contributed by atoms with van der Waals surface area (Å²) in [5, 5.41) is 13.8. The van der Waals surface area contributed by atoms with E-state index in [-0.39, 0.29) is 41.3 Å². The number of fused-ring (bicyclic) bond motifs is 5. The van der Waals surface area contributed by atoms with E-state index in [0.717, 1.165) is 44.3 Å². The second kappa shape index (κ2) is 7.85. The summed E-state index contributed by atoms with van der Waals surface area (Å²) in [4.78, 5) is 37.4. The molecule has 5 aliphatic rings. The van der Waals surface area contributed by atoms with Gasteiger partial charge in [-0.3, -0.25) is 19.8 Å². The summed E-state index contributed by atoms with van der Waals surface area (Å²) in [6, 6.07) is 0. The Hall–Kier alpha value is -1.83. The molecule has 4 aliphatic carbocycles. The fraction of sp³-hybridized carbons (Fsp3) is 0.731. The Morgan fingerprint density at radius 1 is 1.30 bits per heavy atom. The predicted molar refractivity (Wildman–Crippen MR) is 122 cm³/mol. The first-order valence-electron chi connectivity index (χ1n) is 12.4. The van der Waals surface area contributed by atoms with Crippen LogP contribution in [0.25, 0.3) is 0 Å². The number of hydrazine groups is 1. The lowest BCUT2D eigenvalue weighted by molar-refractivity contribution is -0.171. The number of aliphatic hydroxyl groups excluding tert-OH is 1. The molecule has 180 valence electrons. The van der Waals surface area contributed by atoms with E-state index in [1.165, 1.54) is 6.92 Å². The number of carbonyl (C=O) groups excluding carboxylic acids is 3. The van der Waals surface area contributed by atoms with Gasteiger partial charge in [0.1, 0.15) is 5.54 Å². The summed E-state index contributed by atoms with van der Waals surface area (Å²) in [5.74, 6) is 0.102. The number of carbonyl (C=O) groups is 3. The number of aliphatic hydroxyl groups is 1. The fourth-order valence-electron chi connectivity index (χ4n) is 8.52. The average molecular weight is 457 g/mol. The summed E-state index contributed by atoms with van der Waals surface area (Å²) in [6.45, 7) is 7.05. The lowest BCUT2D eigenvalue weighted by Crippen LogP contribution is -2.69. The number of allylic oxidation sites excluding steroid dienone is 4. The molecular weight excluding hydrogens is 420 g/mol. The van der Waals surface area contributed by atoms with E-state index >= 15 is 0 Å². The molecule has 0 aromatic rings. The molecule has 0 radical (unpaired) electrons. The van der Waals surface area contributed by atoms with Crippen molar-refractivity contribution >= 4 is 17.5 Å². The highest BCUT2D eigenvalue weighted by molar-refractivity contribution is 6.01. The summed E-state index contributed by atoms with van der Waals surface area (Å²) in [5.41, 5.74) is 3.02. The van der Waals surface area contributed by atoms with Gasteiger partial charge in [0.25, 0.3) is 0 Å². The fourth-order valence-corrected chi connectivity index (χ4v) is 8.52. The SMILES string of the molecule is CC(=O)OCC(=O)[C@@]1(N2CCCN2)CC[C@H]2[C@@H]3CCC4=CC(=O)C=C[C@]4(C)[C@H]3[C@@H](O)C[C@@]21C. The van der Waals surface area contributed by atoms with Crippen LogP contribution in [0.2, 0.25) is 0 Å². The molecule has 0 aromatic heterocycles. The van der Waals surface area contributed by atoms with Gasteiger partial charge >= 0.3 is 5.97 Å². The molecule has 7 heteroatoms. The van der Waals surface area contributed by atoms with Gasteiger partial charge in [-0.2, -0.15) is 0 Å². The number of Topliss-reactive ketones (excluding diaryl/α,β-unsaturated/α-hetero) is 1. The van der Waals surface area contributed by atoms with Crippen molar-refractivity contribution in [2.24, 2.45) is 28.6 Å². The Morgan fingerprint density at radius 2 is 2.09 bits per heavy atom. The van der Waals surface area contributed by atoms with Crippen molar-refractivity contribution in [1.29, 1.82) is 0 Å². The van der Waals surface area contributed by atoms with Crippen molar-refractivity contribution in [2.45, 2.75) is 70.9 Å². The third kappa shape index (κ3) is 3.15. The second-order valence-corrected chi connectivity index (χ2v) is 11.2. The van der Waals surface area contributed by atoms with Crippen molar-refractivity contribution in [3.05, 3.63) is 23.8 Å². The Labute approximate surface area is 195 Å². The topological polar surface area (TPSA) is 95.9 Å². The van der Waals surface area contributed by atoms with Gasteiger partial charge in [0, 0.05) is 36.8 Å². The molecule has 0 aromatic carbocycles. The molecule has 1 saturated heterocycles. The minimum atomic E-state index is -0.801. The number of esters is 1. The normalized spacial score (nSPS) is 44.6. The molecule has 33 heavy (non-hydrogen) atoms. The third-order valence-corrected chi connectivity index (χ3v) is 9.84. The molecule has 7 atom stereocenters. The molecule has 0 amide bonds. The first kappa shape index (κ1) is 22.9. The van der Waals surface area contributed by atoms with Crippen LogP contribution in [-0.2, 0) is 19.1 Å². The number of nitrogens with one attached hydrogen (secondary N) is 1. The molecule has 0 unspecified atom stereocenters. The number of nitrogens with zero attached hydrogens (tertiary/aromatic N) is 1. The van der Waals surface area contributed by atoms with Crippen LogP contribution in [0.4, 0.5) is 0 Å². The zero-order valence-electron chi connectivity index (χ0n) is 19.9. The molecule has 1 heterocycles. The van der Waals surface area contributed by atoms with Crippen LogP contribution < -0.4 is 5.43 Å². The summed E-state index contributed by atoms with van der Waals surface area (Å²) >= 11 is 0. The van der Waals surface area contributed by atoms with Gasteiger partial charge < -0.3 is 9.84 Å². The number of hydrogen-bond donors (Lipinski definition) is 2. The average Bonchev–Trinajstić information content (AvgIpc) is 3.38. The predicted octanol–water partition coefficient (Wildman–Crippen LogP) is 2.35. The van der Waals surface area contributed by atoms with E-state index < -0.39 is 23.0 Å². The maximum atomic E-state index is 13.8. The van der Waals surface area contributed by atoms with E-state index in [9.17, 15) is 19.5 Å². The monoisotopic (exact) mass is 456 g/mol. The second-order valence-electron chi connectivity index (χ2n) is 11.2. The van der Waals surface area contributed by atoms with E-state index in [2.05, 4.69) is 24.3 Å². The van der Waals surface area contributed by atoms with E-state index in [0.29, 0.717) is 12.8 Å². The van der Waals surface area contributed by atoms with Gasteiger partial charge in [-0.1, -0.05) is 25.5 Å². The summed E-state index contributed by atoms with van der Waals surface area (Å²) < 4.78 is 5.20. The molecular formula is C26H36N2O5. The third-order valence-electron chi connectivity index (χ3n) is 9.84. The van der Waals surface area contributed by atoms with Gasteiger partial charge in [0.2, 0.25) is 0 Å². The van der Waals surface area contributed by atoms with E-state index in [1.807, 2.05) is 6.08 Å². The lowest BCUT2D eigenvalue weighted by Gasteiger charge is -2.61. The first-order valence-corrected chi connectivity index (χ1v) is 12.4. The smallest absolute Gasteiger partial charge is 0.303 e. The highest BCUT2D eigenvalue weighted by atomic mass is 16.5. The first-order chi connectivity index (χ1) is 15.6. The largest absolute Gasteiger partial charge is 0.458 e. The minimum absolute atomic E-state index is 0.0332. The molecule has 0 spiro atoms. The number of rotatable bonds is 4. The number of ketones is 2. The lowest BCUT2D eigenvalue weighted by atomic mass is 9.45. The molecule has 4 fully saturated rings. The molecule has 3 saturated carbocycles. The minimum Gasteiger partial charge on any atom is -0.458 e. The van der Waals surface area contributed by atoms with Crippen LogP contribution in [0.1, 0.15) is 59.3 Å². The van der Waals surface area contributed by atoms with Crippen molar-refractivity contribution in [2.75, 3.05) is 19.7 Å². The maximum Gasteiger partial charge on any atom is 0.303 e. The van der Waals surface area contributed by atoms with Gasteiger partial charge in [0.15, 0.2) is 18.2 Å². The Balaban J connectivity index is 1.54. The summed E-state index contributed by atoms with van der Waals surface area (Å²) in [7, 11) is 0. The molecule has 1 aliphatic heterocycles. The van der Waals surface area contributed by atoms with E-state index in [4.69, 9.17) is 4.74 Å². The Kier molecular flexibility index (Phi) is 5.46. The van der Waals surface area contributed by atoms with Crippen LogP contribution in [0.5, 0.6) is 0 Å². The van der Waals surface area contributed by atoms with Crippen LogP contribution in [0.15, 0.2) is 23.8 Å². The van der Waals surface area contributed by atoms with Crippen molar-refractivity contribution in [1.82, 2.24) is 10.4 Å². The standard InChI is InChI=1S/C26H36N2O5/c1-16(29)33-15-22(32)26(28-12-4-11-27-28)10-8-20-19-6-5-17-13-18(30)7-9-24(17,2)23(19)21(31)14-25(20,26)3/h7,9,13,19-21,23,27,31H,4-6,8,10-12,14-15H2,1-3H3/t19-,20-,21-,23+,24-,25-,26-/m0/s1. The van der Waals surface area contributed by atoms with Crippen LogP contribution in [0, 0.1) is 28.6 Å². The molecule has 0 bridgehead atoms. The Morgan fingerprint density at radius 3 is 2.79 bits per heavy atom. The van der Waals surface area contributed by atoms with E-state index in [1.54, 1.807) is 12.2 Å². The number of ether oxygens (including phenoxy) is 1.